The van der Waals surface area contributed by atoms with Crippen LogP contribution in [0.2, 0.25) is 0 Å². The molecule has 1 saturated carbocycles. The second-order valence-electron chi connectivity index (χ2n) is 10.3. The third-order valence-electron chi connectivity index (χ3n) is 8.15. The first-order valence-electron chi connectivity index (χ1n) is 14.4. The summed E-state index contributed by atoms with van der Waals surface area (Å²) in [5.41, 5.74) is 1.91. The summed E-state index contributed by atoms with van der Waals surface area (Å²) in [5.74, 6) is 2.58. The number of unbranched alkanes of at least 4 members (excludes halogenated alkanes) is 1. The summed E-state index contributed by atoms with van der Waals surface area (Å²) in [6.07, 6.45) is 12.6. The Bertz CT molecular complexity index is 1540. The molecule has 0 radical (unpaired) electrons. The maximum atomic E-state index is 14.5. The van der Waals surface area contributed by atoms with Gasteiger partial charge in [-0.1, -0.05) is 47.6 Å². The topological polar surface area (TPSA) is 82.3 Å². The van der Waals surface area contributed by atoms with E-state index in [1.165, 1.54) is 18.2 Å². The van der Waals surface area contributed by atoms with Crippen molar-refractivity contribution in [1.82, 2.24) is 34.9 Å². The van der Waals surface area contributed by atoms with E-state index in [-0.39, 0.29) is 22.6 Å². The lowest BCUT2D eigenvalue weighted by molar-refractivity contribution is 0.242. The number of hydrogen-bond acceptors (Lipinski definition) is 6. The largest absolute Gasteiger partial charge is 0.252 e. The molecule has 2 aliphatic carbocycles. The summed E-state index contributed by atoms with van der Waals surface area (Å²) in [5, 5.41) is 13.4. The molecule has 2 atom stereocenters. The van der Waals surface area contributed by atoms with Crippen LogP contribution in [0.15, 0.2) is 42.9 Å². The van der Waals surface area contributed by atoms with Gasteiger partial charge in [0.25, 0.3) is 5.95 Å². The number of rotatable bonds is 6. The predicted octanol–water partition coefficient (Wildman–Crippen LogP) is 7.00. The molecule has 7 nitrogen and oxygen atoms in total. The summed E-state index contributed by atoms with van der Waals surface area (Å²) in [6, 6.07) is 7.53. The van der Waals surface area contributed by atoms with Crippen molar-refractivity contribution in [2.45, 2.75) is 85.0 Å². The van der Waals surface area contributed by atoms with E-state index in [0.717, 1.165) is 36.2 Å². The zero-order valence-corrected chi connectivity index (χ0v) is 24.6. The van der Waals surface area contributed by atoms with E-state index >= 15 is 0 Å². The average molecular weight is 558 g/mol. The van der Waals surface area contributed by atoms with Crippen LogP contribution in [0.1, 0.15) is 95.9 Å². The fraction of sp³-hybridized carbons (Fsp3) is 0.438. The number of nitrogens with zero attached hydrogens (tertiary/aromatic N) is 7. The fourth-order valence-electron chi connectivity index (χ4n) is 6.31. The van der Waals surface area contributed by atoms with Gasteiger partial charge in [0.2, 0.25) is 0 Å². The summed E-state index contributed by atoms with van der Waals surface area (Å²) in [7, 11) is 0. The number of terminal acetylenes is 1. The monoisotopic (exact) mass is 557 g/mol. The Morgan fingerprint density at radius 2 is 1.78 bits per heavy atom. The molecule has 41 heavy (non-hydrogen) atoms. The van der Waals surface area contributed by atoms with E-state index in [1.54, 1.807) is 23.3 Å². The minimum atomic E-state index is -0.654. The molecule has 214 valence electrons. The third kappa shape index (κ3) is 4.90. The van der Waals surface area contributed by atoms with E-state index < -0.39 is 17.0 Å². The zero-order valence-electron chi connectivity index (χ0n) is 24.6. The second-order valence-corrected chi connectivity index (χ2v) is 10.3. The smallest absolute Gasteiger partial charge is 0.220 e. The van der Waals surface area contributed by atoms with E-state index in [2.05, 4.69) is 45.0 Å². The quantitative estimate of drug-likeness (QED) is 0.187. The van der Waals surface area contributed by atoms with Crippen molar-refractivity contribution in [3.8, 4) is 29.5 Å². The van der Waals surface area contributed by atoms with Gasteiger partial charge in [0.05, 0.1) is 28.1 Å². The SMILES string of the molecule is C#CCCCc1ncn(-c2nccc([C@@]34CC[C@@H](c5cc(-c6c(F)cccc6F)nnc53)C4(C)C)n2)n1.CC.CC. The molecule has 2 bridgehead atoms. The lowest BCUT2D eigenvalue weighted by Gasteiger charge is -2.37. The number of aryl methyl sites for hydroxylation is 1. The van der Waals surface area contributed by atoms with E-state index in [0.29, 0.717) is 24.6 Å². The van der Waals surface area contributed by atoms with Crippen molar-refractivity contribution in [1.29, 1.82) is 0 Å². The highest BCUT2D eigenvalue weighted by atomic mass is 19.1. The molecule has 0 aliphatic heterocycles. The minimum absolute atomic E-state index is 0.152. The van der Waals surface area contributed by atoms with Gasteiger partial charge in [0.15, 0.2) is 5.82 Å². The van der Waals surface area contributed by atoms with Crippen molar-refractivity contribution < 1.29 is 8.78 Å². The van der Waals surface area contributed by atoms with Crippen LogP contribution >= 0.6 is 0 Å². The van der Waals surface area contributed by atoms with Gasteiger partial charge in [0, 0.05) is 19.0 Å². The van der Waals surface area contributed by atoms with Gasteiger partial charge in [-0.25, -0.2) is 23.7 Å². The Hall–Kier alpha value is -4.06. The van der Waals surface area contributed by atoms with Crippen molar-refractivity contribution in [2.24, 2.45) is 5.41 Å². The predicted molar refractivity (Wildman–Crippen MR) is 155 cm³/mol. The Labute approximate surface area is 240 Å². The molecule has 3 aromatic heterocycles. The number of benzene rings is 1. The van der Waals surface area contributed by atoms with Gasteiger partial charge >= 0.3 is 0 Å². The molecule has 9 heteroatoms. The Morgan fingerprint density at radius 3 is 2.49 bits per heavy atom. The summed E-state index contributed by atoms with van der Waals surface area (Å²) < 4.78 is 30.6. The number of halogens is 2. The highest BCUT2D eigenvalue weighted by Gasteiger charge is 2.65. The molecule has 0 N–H and O–H groups in total. The highest BCUT2D eigenvalue weighted by Crippen LogP contribution is 2.69. The standard InChI is InChI=1S/C28H25F2N7.2C2H6/c1-4-5-6-10-23-32-16-37(36-23)26-31-14-12-22(33-26)28-13-11-18(27(28,2)3)17-15-21(34-35-25(17)28)24-19(29)8-7-9-20(24)30;2*1-2/h1,7-9,12,14-16,18H,5-6,10-11,13H2,2-3H3;2*1-2H3/t18-,28-;;/m0../s1. The molecule has 2 aliphatic rings. The molecule has 0 unspecified atom stereocenters. The van der Waals surface area contributed by atoms with Crippen LogP contribution in [-0.4, -0.2) is 34.9 Å². The molecule has 4 aromatic rings. The Kier molecular flexibility index (Phi) is 8.91. The summed E-state index contributed by atoms with van der Waals surface area (Å²) >= 11 is 0. The first-order chi connectivity index (χ1) is 19.9. The molecule has 0 saturated heterocycles. The van der Waals surface area contributed by atoms with Crippen molar-refractivity contribution in [2.75, 3.05) is 0 Å². The molecular weight excluding hydrogens is 520 g/mol. The third-order valence-corrected chi connectivity index (χ3v) is 8.15. The van der Waals surface area contributed by atoms with Gasteiger partial charge in [-0.05, 0) is 60.4 Å². The second kappa shape index (κ2) is 12.2. The van der Waals surface area contributed by atoms with Gasteiger partial charge in [-0.2, -0.15) is 9.78 Å². The van der Waals surface area contributed by atoms with E-state index in [1.807, 2.05) is 33.8 Å². The van der Waals surface area contributed by atoms with Gasteiger partial charge in [-0.15, -0.1) is 22.5 Å². The minimum Gasteiger partial charge on any atom is -0.220 e. The summed E-state index contributed by atoms with van der Waals surface area (Å²) in [4.78, 5) is 13.8. The molecular formula is C32H37F2N7. The molecule has 3 heterocycles. The van der Waals surface area contributed by atoms with E-state index in [4.69, 9.17) is 11.4 Å². The fourth-order valence-corrected chi connectivity index (χ4v) is 6.31. The molecule has 1 aromatic carbocycles. The van der Waals surface area contributed by atoms with Gasteiger partial charge in [0.1, 0.15) is 18.0 Å². The lowest BCUT2D eigenvalue weighted by atomic mass is 9.66. The first kappa shape index (κ1) is 29.9. The van der Waals surface area contributed by atoms with Crippen molar-refractivity contribution >= 4 is 0 Å². The van der Waals surface area contributed by atoms with Gasteiger partial charge in [-0.3, -0.25) is 0 Å². The molecule has 6 rings (SSSR count). The van der Waals surface area contributed by atoms with Crippen LogP contribution in [0.3, 0.4) is 0 Å². The molecule has 0 amide bonds. The maximum Gasteiger partial charge on any atom is 0.252 e. The van der Waals surface area contributed by atoms with Crippen LogP contribution in [0.5, 0.6) is 0 Å². The van der Waals surface area contributed by atoms with Crippen molar-refractivity contribution in [3.63, 3.8) is 0 Å². The Balaban J connectivity index is 0.000000929. The van der Waals surface area contributed by atoms with Crippen LogP contribution in [0, 0.1) is 29.4 Å². The van der Waals surface area contributed by atoms with Crippen LogP contribution in [-0.2, 0) is 11.8 Å². The zero-order chi connectivity index (χ0) is 29.8. The van der Waals surface area contributed by atoms with E-state index in [9.17, 15) is 8.78 Å². The number of hydrogen-bond donors (Lipinski definition) is 0. The van der Waals surface area contributed by atoms with Crippen molar-refractivity contribution in [3.05, 3.63) is 77.3 Å². The number of aromatic nitrogens is 7. The van der Waals surface area contributed by atoms with Crippen LogP contribution < -0.4 is 0 Å². The average Bonchev–Trinajstić information content (AvgIpc) is 3.63. The highest BCUT2D eigenvalue weighted by molar-refractivity contribution is 5.64. The molecule has 0 spiro atoms. The lowest BCUT2D eigenvalue weighted by Crippen LogP contribution is -2.38. The normalized spacial score (nSPS) is 19.3. The summed E-state index contributed by atoms with van der Waals surface area (Å²) in [6.45, 7) is 12.4. The Morgan fingerprint density at radius 1 is 1.05 bits per heavy atom. The van der Waals surface area contributed by atoms with Crippen LogP contribution in [0.25, 0.3) is 17.2 Å². The maximum absolute atomic E-state index is 14.5. The van der Waals surface area contributed by atoms with Gasteiger partial charge < -0.3 is 0 Å². The first-order valence-corrected chi connectivity index (χ1v) is 14.4. The van der Waals surface area contributed by atoms with Crippen LogP contribution in [0.4, 0.5) is 8.78 Å². The molecule has 1 fully saturated rings. The number of fused-ring (bicyclic) bond motifs is 5.